The normalized spacial score (nSPS) is 10.7. The highest BCUT2D eigenvalue weighted by atomic mass is 16.1. The first-order valence-corrected chi connectivity index (χ1v) is 5.14. The van der Waals surface area contributed by atoms with E-state index in [1.165, 1.54) is 0 Å². The number of nitrogens with two attached hydrogens (primary N) is 1. The lowest BCUT2D eigenvalue weighted by atomic mass is 9.98. The Morgan fingerprint density at radius 1 is 1.40 bits per heavy atom. The lowest BCUT2D eigenvalue weighted by Crippen LogP contribution is -2.19. The predicted molar refractivity (Wildman–Crippen MR) is 58.8 cm³/mol. The van der Waals surface area contributed by atoms with Gasteiger partial charge in [0.25, 0.3) is 5.91 Å². The van der Waals surface area contributed by atoms with E-state index in [1.54, 1.807) is 0 Å². The molecule has 0 bridgehead atoms. The van der Waals surface area contributed by atoms with Gasteiger partial charge in [-0.15, -0.1) is 0 Å². The minimum absolute atomic E-state index is 0.119. The number of primary amides is 1. The molecule has 0 aliphatic rings. The van der Waals surface area contributed by atoms with Crippen LogP contribution < -0.4 is 5.73 Å². The third-order valence-electron chi connectivity index (χ3n) is 2.35. The number of amides is 1. The van der Waals surface area contributed by atoms with Crippen molar-refractivity contribution in [3.63, 3.8) is 0 Å². The third-order valence-corrected chi connectivity index (χ3v) is 2.35. The van der Waals surface area contributed by atoms with Crippen LogP contribution >= 0.6 is 0 Å². The van der Waals surface area contributed by atoms with Crippen LogP contribution in [0, 0.1) is 6.92 Å². The van der Waals surface area contributed by atoms with Crippen molar-refractivity contribution >= 4 is 5.91 Å². The monoisotopic (exact) mass is 207 g/mol. The van der Waals surface area contributed by atoms with E-state index < -0.39 is 5.91 Å². The zero-order chi connectivity index (χ0) is 11.6. The summed E-state index contributed by atoms with van der Waals surface area (Å²) in [7, 11) is 0. The molecule has 1 heterocycles. The lowest BCUT2D eigenvalue weighted by Gasteiger charge is -2.13. The van der Waals surface area contributed by atoms with Gasteiger partial charge in [-0.25, -0.2) is 9.97 Å². The fourth-order valence-electron chi connectivity index (χ4n) is 1.77. The number of hydrogen-bond acceptors (Lipinski definition) is 3. The Hall–Kier alpha value is -1.45. The average molecular weight is 207 g/mol. The van der Waals surface area contributed by atoms with Crippen molar-refractivity contribution in [1.82, 2.24) is 9.97 Å². The Labute approximate surface area is 89.9 Å². The zero-order valence-corrected chi connectivity index (χ0v) is 9.66. The molecule has 0 saturated carbocycles. The molecule has 4 nitrogen and oxygen atoms in total. The summed E-state index contributed by atoms with van der Waals surface area (Å²) in [6.45, 7) is 8.09. The van der Waals surface area contributed by atoms with Crippen LogP contribution in [0.2, 0.25) is 0 Å². The molecule has 1 rings (SSSR count). The van der Waals surface area contributed by atoms with Gasteiger partial charge in [0, 0.05) is 11.4 Å². The zero-order valence-electron chi connectivity index (χ0n) is 9.66. The maximum Gasteiger partial charge on any atom is 0.286 e. The smallest absolute Gasteiger partial charge is 0.286 e. The molecule has 0 saturated heterocycles. The molecule has 1 amide bonds. The van der Waals surface area contributed by atoms with Crippen molar-refractivity contribution < 1.29 is 4.79 Å². The molecular weight excluding hydrogens is 190 g/mol. The van der Waals surface area contributed by atoms with Gasteiger partial charge in [-0.3, -0.25) is 4.79 Å². The molecule has 0 spiro atoms. The van der Waals surface area contributed by atoms with E-state index >= 15 is 0 Å². The van der Waals surface area contributed by atoms with Crippen LogP contribution in [0.3, 0.4) is 0 Å². The first-order chi connectivity index (χ1) is 6.97. The van der Waals surface area contributed by atoms with Gasteiger partial charge in [-0.1, -0.05) is 20.8 Å². The standard InChI is InChI=1S/C11H17N3O/c1-5-8-9(6(2)3)7(4)13-11(14-8)10(12)15/h6H,5H2,1-4H3,(H2,12,15). The van der Waals surface area contributed by atoms with Crippen molar-refractivity contribution in [1.29, 1.82) is 0 Å². The van der Waals surface area contributed by atoms with Crippen molar-refractivity contribution in [2.75, 3.05) is 0 Å². The molecule has 0 fully saturated rings. The Kier molecular flexibility index (Phi) is 3.39. The number of nitrogens with zero attached hydrogens (tertiary/aromatic N) is 2. The van der Waals surface area contributed by atoms with Crippen LogP contribution in [0.15, 0.2) is 0 Å². The second-order valence-electron chi connectivity index (χ2n) is 3.87. The Balaban J connectivity index is 3.37. The van der Waals surface area contributed by atoms with E-state index in [2.05, 4.69) is 23.8 Å². The Bertz CT molecular complexity index is 386. The second kappa shape index (κ2) is 4.38. The summed E-state index contributed by atoms with van der Waals surface area (Å²) < 4.78 is 0. The number of aromatic nitrogens is 2. The summed E-state index contributed by atoms with van der Waals surface area (Å²) in [5.41, 5.74) is 8.07. The van der Waals surface area contributed by atoms with Crippen LogP contribution in [-0.2, 0) is 6.42 Å². The van der Waals surface area contributed by atoms with Gasteiger partial charge < -0.3 is 5.73 Å². The predicted octanol–water partition coefficient (Wildman–Crippen LogP) is 1.57. The summed E-state index contributed by atoms with van der Waals surface area (Å²) in [4.78, 5) is 19.3. The van der Waals surface area contributed by atoms with E-state index in [0.717, 1.165) is 23.4 Å². The minimum atomic E-state index is -0.567. The molecule has 82 valence electrons. The van der Waals surface area contributed by atoms with Crippen LogP contribution in [0.5, 0.6) is 0 Å². The van der Waals surface area contributed by atoms with E-state index in [-0.39, 0.29) is 5.82 Å². The molecule has 2 N–H and O–H groups in total. The van der Waals surface area contributed by atoms with Gasteiger partial charge in [-0.2, -0.15) is 0 Å². The number of carbonyl (C=O) groups excluding carboxylic acids is 1. The largest absolute Gasteiger partial charge is 0.363 e. The van der Waals surface area contributed by atoms with Gasteiger partial charge in [0.2, 0.25) is 5.82 Å². The highest BCUT2D eigenvalue weighted by molar-refractivity contribution is 5.88. The molecule has 0 aromatic carbocycles. The lowest BCUT2D eigenvalue weighted by molar-refractivity contribution is 0.0989. The first kappa shape index (κ1) is 11.6. The van der Waals surface area contributed by atoms with Crippen LogP contribution in [0.4, 0.5) is 0 Å². The molecule has 1 aromatic heterocycles. The number of carbonyl (C=O) groups is 1. The molecule has 0 atom stereocenters. The first-order valence-electron chi connectivity index (χ1n) is 5.14. The molecule has 4 heteroatoms. The number of rotatable bonds is 3. The molecule has 1 aromatic rings. The quantitative estimate of drug-likeness (QED) is 0.817. The summed E-state index contributed by atoms with van der Waals surface area (Å²) in [5.74, 6) is -0.0845. The van der Waals surface area contributed by atoms with Crippen LogP contribution in [0.25, 0.3) is 0 Å². The van der Waals surface area contributed by atoms with Gasteiger partial charge in [0.05, 0.1) is 0 Å². The van der Waals surface area contributed by atoms with Crippen molar-refractivity contribution in [2.24, 2.45) is 5.73 Å². The Morgan fingerprint density at radius 2 is 2.00 bits per heavy atom. The molecular formula is C11H17N3O. The average Bonchev–Trinajstić information content (AvgIpc) is 2.15. The van der Waals surface area contributed by atoms with E-state index in [0.29, 0.717) is 5.92 Å². The van der Waals surface area contributed by atoms with Gasteiger partial charge in [0.15, 0.2) is 0 Å². The molecule has 15 heavy (non-hydrogen) atoms. The summed E-state index contributed by atoms with van der Waals surface area (Å²) in [6.07, 6.45) is 0.789. The van der Waals surface area contributed by atoms with Gasteiger partial charge >= 0.3 is 0 Å². The fraction of sp³-hybridized carbons (Fsp3) is 0.545. The number of hydrogen-bond donors (Lipinski definition) is 1. The number of aryl methyl sites for hydroxylation is 2. The van der Waals surface area contributed by atoms with Gasteiger partial charge in [0.1, 0.15) is 0 Å². The van der Waals surface area contributed by atoms with Crippen molar-refractivity contribution in [3.8, 4) is 0 Å². The molecule has 0 aliphatic carbocycles. The molecule has 0 unspecified atom stereocenters. The van der Waals surface area contributed by atoms with Crippen LogP contribution in [0.1, 0.15) is 54.3 Å². The summed E-state index contributed by atoms with van der Waals surface area (Å²) in [5, 5.41) is 0. The minimum Gasteiger partial charge on any atom is -0.363 e. The summed E-state index contributed by atoms with van der Waals surface area (Å²) in [6, 6.07) is 0. The van der Waals surface area contributed by atoms with Crippen molar-refractivity contribution in [3.05, 3.63) is 22.8 Å². The fourth-order valence-corrected chi connectivity index (χ4v) is 1.77. The van der Waals surface area contributed by atoms with Gasteiger partial charge in [-0.05, 0) is 24.8 Å². The maximum absolute atomic E-state index is 11.0. The topological polar surface area (TPSA) is 68.9 Å². The Morgan fingerprint density at radius 3 is 2.40 bits per heavy atom. The highest BCUT2D eigenvalue weighted by Crippen LogP contribution is 2.21. The summed E-state index contributed by atoms with van der Waals surface area (Å²) >= 11 is 0. The maximum atomic E-state index is 11.0. The van der Waals surface area contributed by atoms with E-state index in [4.69, 9.17) is 5.73 Å². The van der Waals surface area contributed by atoms with E-state index in [9.17, 15) is 4.79 Å². The second-order valence-corrected chi connectivity index (χ2v) is 3.87. The highest BCUT2D eigenvalue weighted by Gasteiger charge is 2.15. The SMILES string of the molecule is CCc1nc(C(N)=O)nc(C)c1C(C)C. The van der Waals surface area contributed by atoms with Crippen LogP contribution in [-0.4, -0.2) is 15.9 Å². The van der Waals surface area contributed by atoms with Crippen molar-refractivity contribution in [2.45, 2.75) is 40.0 Å². The molecule has 0 radical (unpaired) electrons. The third kappa shape index (κ3) is 2.32. The molecule has 0 aliphatic heterocycles. The van der Waals surface area contributed by atoms with E-state index in [1.807, 2.05) is 13.8 Å².